The van der Waals surface area contributed by atoms with Gasteiger partial charge in [0, 0.05) is 17.0 Å². The van der Waals surface area contributed by atoms with E-state index in [0.29, 0.717) is 18.0 Å². The molecule has 6 nitrogen and oxygen atoms in total. The van der Waals surface area contributed by atoms with Crippen molar-refractivity contribution in [3.05, 3.63) is 57.2 Å². The number of piperidine rings is 1. The van der Waals surface area contributed by atoms with Crippen molar-refractivity contribution in [1.29, 1.82) is 0 Å². The summed E-state index contributed by atoms with van der Waals surface area (Å²) in [5.41, 5.74) is 1.94. The summed E-state index contributed by atoms with van der Waals surface area (Å²) < 4.78 is 0. The van der Waals surface area contributed by atoms with Gasteiger partial charge in [0.05, 0.1) is 12.0 Å². The molecular formula is C20H20N4O2S2. The molecule has 1 saturated heterocycles. The predicted molar refractivity (Wildman–Crippen MR) is 112 cm³/mol. The first kappa shape index (κ1) is 18.8. The van der Waals surface area contributed by atoms with E-state index >= 15 is 0 Å². The molecule has 0 spiro atoms. The van der Waals surface area contributed by atoms with Gasteiger partial charge in [-0.05, 0) is 43.8 Å². The molecule has 2 aromatic heterocycles. The Morgan fingerprint density at radius 3 is 2.61 bits per heavy atom. The monoisotopic (exact) mass is 412 g/mol. The van der Waals surface area contributed by atoms with Gasteiger partial charge in [0.2, 0.25) is 16.9 Å². The largest absolute Gasteiger partial charge is 0.303 e. The van der Waals surface area contributed by atoms with E-state index in [0.717, 1.165) is 21.1 Å². The molecule has 1 aliphatic rings. The van der Waals surface area contributed by atoms with Crippen LogP contribution in [-0.4, -0.2) is 22.0 Å². The van der Waals surface area contributed by atoms with Gasteiger partial charge in [-0.2, -0.15) is 0 Å². The Balaban J connectivity index is 1.70. The Labute approximate surface area is 171 Å². The predicted octanol–water partition coefficient (Wildman–Crippen LogP) is 4.34. The molecule has 2 atom stereocenters. The van der Waals surface area contributed by atoms with Crippen LogP contribution < -0.4 is 10.2 Å². The molecule has 0 aliphatic carbocycles. The highest BCUT2D eigenvalue weighted by Crippen LogP contribution is 2.42. The van der Waals surface area contributed by atoms with E-state index in [-0.39, 0.29) is 23.8 Å². The fraction of sp³-hybridized carbons (Fsp3) is 0.300. The van der Waals surface area contributed by atoms with Gasteiger partial charge in [-0.1, -0.05) is 35.1 Å². The Morgan fingerprint density at radius 2 is 1.96 bits per heavy atom. The minimum Gasteiger partial charge on any atom is -0.303 e. The maximum Gasteiger partial charge on any atom is 0.231 e. The van der Waals surface area contributed by atoms with Crippen molar-refractivity contribution in [3.8, 4) is 0 Å². The number of rotatable bonds is 4. The van der Waals surface area contributed by atoms with Crippen LogP contribution in [0.1, 0.15) is 34.3 Å². The van der Waals surface area contributed by atoms with Crippen LogP contribution in [-0.2, 0) is 9.59 Å². The second-order valence-electron chi connectivity index (χ2n) is 6.82. The zero-order valence-electron chi connectivity index (χ0n) is 15.6. The fourth-order valence-electron chi connectivity index (χ4n) is 3.51. The van der Waals surface area contributed by atoms with Crippen molar-refractivity contribution < 1.29 is 9.59 Å². The Morgan fingerprint density at radius 1 is 1.18 bits per heavy atom. The zero-order chi connectivity index (χ0) is 19.7. The molecular weight excluding hydrogens is 392 g/mol. The lowest BCUT2D eigenvalue weighted by molar-refractivity contribution is -0.125. The summed E-state index contributed by atoms with van der Waals surface area (Å²) in [4.78, 5) is 28.8. The number of nitrogens with zero attached hydrogens (tertiary/aromatic N) is 3. The highest BCUT2D eigenvalue weighted by molar-refractivity contribution is 7.15. The van der Waals surface area contributed by atoms with Gasteiger partial charge in [-0.15, -0.1) is 21.5 Å². The fourth-order valence-corrected chi connectivity index (χ4v) is 4.98. The van der Waals surface area contributed by atoms with E-state index in [1.54, 1.807) is 16.2 Å². The minimum absolute atomic E-state index is 0.0399. The van der Waals surface area contributed by atoms with Crippen molar-refractivity contribution in [3.63, 3.8) is 0 Å². The van der Waals surface area contributed by atoms with Gasteiger partial charge in [-0.3, -0.25) is 9.59 Å². The van der Waals surface area contributed by atoms with Crippen LogP contribution in [0.25, 0.3) is 0 Å². The molecule has 2 unspecified atom stereocenters. The zero-order valence-corrected chi connectivity index (χ0v) is 17.2. The number of benzene rings is 1. The van der Waals surface area contributed by atoms with Gasteiger partial charge in [-0.25, -0.2) is 0 Å². The lowest BCUT2D eigenvalue weighted by Gasteiger charge is -2.40. The standard InChI is InChI=1S/C20H20N4O2S2/c1-12-5-7-14(8-6-12)24-17(25)10-9-15(18(24)16-4-3-11-27-16)19(26)21-20-23-22-13(2)28-20/h3-8,11,15,18H,9-10H2,1-2H3,(H,21,23,26). The Bertz CT molecular complexity index is 982. The molecule has 0 saturated carbocycles. The molecule has 1 aromatic carbocycles. The second kappa shape index (κ2) is 7.81. The minimum atomic E-state index is -0.359. The smallest absolute Gasteiger partial charge is 0.231 e. The third kappa shape index (κ3) is 3.70. The number of hydrogen-bond acceptors (Lipinski definition) is 6. The van der Waals surface area contributed by atoms with E-state index in [1.165, 1.54) is 11.3 Å². The van der Waals surface area contributed by atoms with E-state index < -0.39 is 0 Å². The van der Waals surface area contributed by atoms with Crippen LogP contribution in [0.3, 0.4) is 0 Å². The molecule has 0 bridgehead atoms. The maximum atomic E-state index is 13.1. The third-order valence-electron chi connectivity index (χ3n) is 4.84. The number of carbonyl (C=O) groups excluding carboxylic acids is 2. The number of aryl methyl sites for hydroxylation is 2. The van der Waals surface area contributed by atoms with E-state index in [9.17, 15) is 9.59 Å². The lowest BCUT2D eigenvalue weighted by atomic mass is 9.86. The van der Waals surface area contributed by atoms with Crippen LogP contribution in [0.4, 0.5) is 10.8 Å². The number of carbonyl (C=O) groups is 2. The molecule has 1 fully saturated rings. The molecule has 3 aromatic rings. The van der Waals surface area contributed by atoms with Crippen molar-refractivity contribution in [2.75, 3.05) is 10.2 Å². The second-order valence-corrected chi connectivity index (χ2v) is 8.98. The van der Waals surface area contributed by atoms with Crippen LogP contribution in [0.15, 0.2) is 41.8 Å². The quantitative estimate of drug-likeness (QED) is 0.692. The van der Waals surface area contributed by atoms with Crippen molar-refractivity contribution in [1.82, 2.24) is 10.2 Å². The number of amides is 2. The van der Waals surface area contributed by atoms with E-state index in [2.05, 4.69) is 15.5 Å². The summed E-state index contributed by atoms with van der Waals surface area (Å²) in [6, 6.07) is 11.5. The number of anilines is 2. The maximum absolute atomic E-state index is 13.1. The summed E-state index contributed by atoms with van der Waals surface area (Å²) in [6.45, 7) is 3.86. The van der Waals surface area contributed by atoms with Gasteiger partial charge in [0.1, 0.15) is 5.01 Å². The molecule has 0 radical (unpaired) electrons. The molecule has 28 heavy (non-hydrogen) atoms. The van der Waals surface area contributed by atoms with Gasteiger partial charge >= 0.3 is 0 Å². The lowest BCUT2D eigenvalue weighted by Crippen LogP contribution is -2.46. The topological polar surface area (TPSA) is 75.2 Å². The van der Waals surface area contributed by atoms with Crippen LogP contribution in [0, 0.1) is 19.8 Å². The first-order chi connectivity index (χ1) is 13.5. The summed E-state index contributed by atoms with van der Waals surface area (Å²) in [7, 11) is 0. The Hall–Kier alpha value is -2.58. The number of nitrogens with one attached hydrogen (secondary N) is 1. The molecule has 1 N–H and O–H groups in total. The molecule has 8 heteroatoms. The normalized spacial score (nSPS) is 19.6. The van der Waals surface area contributed by atoms with Crippen molar-refractivity contribution in [2.24, 2.45) is 5.92 Å². The molecule has 1 aliphatic heterocycles. The first-order valence-electron chi connectivity index (χ1n) is 9.06. The van der Waals surface area contributed by atoms with Crippen LogP contribution in [0.5, 0.6) is 0 Å². The first-order valence-corrected chi connectivity index (χ1v) is 10.8. The summed E-state index contributed by atoms with van der Waals surface area (Å²) in [5.74, 6) is -0.445. The van der Waals surface area contributed by atoms with E-state index in [4.69, 9.17) is 0 Å². The third-order valence-corrected chi connectivity index (χ3v) is 6.53. The number of aromatic nitrogens is 2. The van der Waals surface area contributed by atoms with E-state index in [1.807, 2.05) is 55.6 Å². The number of hydrogen-bond donors (Lipinski definition) is 1. The summed E-state index contributed by atoms with van der Waals surface area (Å²) in [6.07, 6.45) is 0.844. The summed E-state index contributed by atoms with van der Waals surface area (Å²) >= 11 is 2.91. The average molecular weight is 413 g/mol. The molecule has 2 amide bonds. The van der Waals surface area contributed by atoms with Crippen LogP contribution >= 0.6 is 22.7 Å². The SMILES string of the molecule is Cc1ccc(N2C(=O)CCC(C(=O)Nc3nnc(C)s3)C2c2cccs2)cc1. The number of thiophene rings is 1. The molecule has 144 valence electrons. The molecule has 4 rings (SSSR count). The highest BCUT2D eigenvalue weighted by atomic mass is 32.1. The molecule has 3 heterocycles. The van der Waals surface area contributed by atoms with Gasteiger partial charge < -0.3 is 10.2 Å². The van der Waals surface area contributed by atoms with Gasteiger partial charge in [0.25, 0.3) is 0 Å². The van der Waals surface area contributed by atoms with Crippen molar-refractivity contribution >= 4 is 45.3 Å². The van der Waals surface area contributed by atoms with Crippen LogP contribution in [0.2, 0.25) is 0 Å². The highest BCUT2D eigenvalue weighted by Gasteiger charge is 2.42. The average Bonchev–Trinajstić information content (AvgIpc) is 3.34. The van der Waals surface area contributed by atoms with Crippen molar-refractivity contribution in [2.45, 2.75) is 32.7 Å². The summed E-state index contributed by atoms with van der Waals surface area (Å²) in [5, 5.41) is 14.1. The Kier molecular flexibility index (Phi) is 5.23. The van der Waals surface area contributed by atoms with Gasteiger partial charge in [0.15, 0.2) is 0 Å².